The van der Waals surface area contributed by atoms with Crippen LogP contribution in [0.4, 0.5) is 0 Å². The zero-order valence-electron chi connectivity index (χ0n) is 16.3. The SMILES string of the molecule is CCCCCOC(=O)[C@H](C)Sc1ncnc2scc(-c3ccc(OC)cc3)c12. The molecule has 1 aromatic carbocycles. The second-order valence-electron chi connectivity index (χ2n) is 6.37. The third-order valence-corrected chi connectivity index (χ3v) is 6.31. The number of hydrogen-bond donors (Lipinski definition) is 0. The molecule has 0 aliphatic rings. The first-order valence-corrected chi connectivity index (χ1v) is 11.1. The predicted octanol–water partition coefficient (Wildman–Crippen LogP) is 5.58. The van der Waals surface area contributed by atoms with Crippen molar-refractivity contribution < 1.29 is 14.3 Å². The fraction of sp³-hybridized carbons (Fsp3) is 0.381. The van der Waals surface area contributed by atoms with Crippen molar-refractivity contribution in [1.82, 2.24) is 9.97 Å². The molecule has 0 amide bonds. The van der Waals surface area contributed by atoms with E-state index in [1.807, 2.05) is 31.2 Å². The standard InChI is InChI=1S/C21H24N2O3S2/c1-4-5-6-11-26-21(24)14(2)28-20-18-17(12-27-19(18)22-13-23-20)15-7-9-16(25-3)10-8-15/h7-10,12-14H,4-6,11H2,1-3H3/t14-/m0/s1. The number of methoxy groups -OCH3 is 1. The number of fused-ring (bicyclic) bond motifs is 1. The van der Waals surface area contributed by atoms with Gasteiger partial charge in [-0.1, -0.05) is 43.7 Å². The van der Waals surface area contributed by atoms with Crippen molar-refractivity contribution in [3.8, 4) is 16.9 Å². The summed E-state index contributed by atoms with van der Waals surface area (Å²) in [4.78, 5) is 22.1. The van der Waals surface area contributed by atoms with Crippen LogP contribution in [0.1, 0.15) is 33.1 Å². The predicted molar refractivity (Wildman–Crippen MR) is 115 cm³/mol. The van der Waals surface area contributed by atoms with Gasteiger partial charge in [-0.2, -0.15) is 0 Å². The lowest BCUT2D eigenvalue weighted by Crippen LogP contribution is -2.17. The molecular weight excluding hydrogens is 392 g/mol. The highest BCUT2D eigenvalue weighted by molar-refractivity contribution is 8.00. The van der Waals surface area contributed by atoms with Crippen molar-refractivity contribution in [3.63, 3.8) is 0 Å². The summed E-state index contributed by atoms with van der Waals surface area (Å²) in [6.45, 7) is 4.47. The molecular formula is C21H24N2O3S2. The van der Waals surface area contributed by atoms with Gasteiger partial charge in [0.15, 0.2) is 0 Å². The molecule has 0 aliphatic carbocycles. The van der Waals surface area contributed by atoms with Crippen LogP contribution in [0.15, 0.2) is 41.0 Å². The number of aromatic nitrogens is 2. The first kappa shape index (κ1) is 20.6. The van der Waals surface area contributed by atoms with E-state index in [2.05, 4.69) is 22.3 Å². The highest BCUT2D eigenvalue weighted by Crippen LogP contribution is 2.39. The first-order valence-electron chi connectivity index (χ1n) is 9.34. The molecule has 3 aromatic rings. The van der Waals surface area contributed by atoms with Crippen LogP contribution in [0.5, 0.6) is 5.75 Å². The third kappa shape index (κ3) is 4.83. The van der Waals surface area contributed by atoms with Crippen LogP contribution < -0.4 is 4.74 Å². The molecule has 0 saturated heterocycles. The summed E-state index contributed by atoms with van der Waals surface area (Å²) < 4.78 is 10.6. The Morgan fingerprint density at radius 2 is 2.00 bits per heavy atom. The Labute approximate surface area is 173 Å². The summed E-state index contributed by atoms with van der Waals surface area (Å²) in [5.74, 6) is 0.614. The summed E-state index contributed by atoms with van der Waals surface area (Å²) in [6.07, 6.45) is 4.64. The van der Waals surface area contributed by atoms with E-state index in [1.54, 1.807) is 24.8 Å². The average molecular weight is 417 g/mol. The molecule has 0 spiro atoms. The molecule has 2 heterocycles. The summed E-state index contributed by atoms with van der Waals surface area (Å²) in [5, 5.41) is 3.53. The highest BCUT2D eigenvalue weighted by atomic mass is 32.2. The Kier molecular flexibility index (Phi) is 7.28. The van der Waals surface area contributed by atoms with E-state index < -0.39 is 0 Å². The maximum absolute atomic E-state index is 12.3. The number of rotatable bonds is 9. The lowest BCUT2D eigenvalue weighted by molar-refractivity contribution is -0.142. The van der Waals surface area contributed by atoms with Gasteiger partial charge in [-0.05, 0) is 31.0 Å². The van der Waals surface area contributed by atoms with Crippen molar-refractivity contribution >= 4 is 39.3 Å². The summed E-state index contributed by atoms with van der Waals surface area (Å²) in [5.41, 5.74) is 2.13. The monoisotopic (exact) mass is 416 g/mol. The van der Waals surface area contributed by atoms with Crippen LogP contribution in [0.25, 0.3) is 21.3 Å². The zero-order chi connectivity index (χ0) is 19.9. The Morgan fingerprint density at radius 1 is 1.21 bits per heavy atom. The van der Waals surface area contributed by atoms with Gasteiger partial charge >= 0.3 is 5.97 Å². The van der Waals surface area contributed by atoms with E-state index in [9.17, 15) is 4.79 Å². The molecule has 0 unspecified atom stereocenters. The second-order valence-corrected chi connectivity index (χ2v) is 8.56. The van der Waals surface area contributed by atoms with Crippen molar-refractivity contribution in [2.24, 2.45) is 0 Å². The van der Waals surface area contributed by atoms with Gasteiger partial charge in [0.05, 0.1) is 19.1 Å². The van der Waals surface area contributed by atoms with Gasteiger partial charge < -0.3 is 9.47 Å². The smallest absolute Gasteiger partial charge is 0.319 e. The number of carbonyl (C=O) groups is 1. The Balaban J connectivity index is 1.81. The topological polar surface area (TPSA) is 61.3 Å². The van der Waals surface area contributed by atoms with Crippen LogP contribution in [0, 0.1) is 0 Å². The fourth-order valence-electron chi connectivity index (χ4n) is 2.78. The fourth-order valence-corrected chi connectivity index (χ4v) is 4.69. The molecule has 0 saturated carbocycles. The molecule has 0 aliphatic heterocycles. The van der Waals surface area contributed by atoms with Crippen molar-refractivity contribution in [3.05, 3.63) is 36.0 Å². The van der Waals surface area contributed by atoms with Gasteiger partial charge in [-0.15, -0.1) is 11.3 Å². The van der Waals surface area contributed by atoms with Gasteiger partial charge in [-0.3, -0.25) is 4.79 Å². The molecule has 1 atom stereocenters. The van der Waals surface area contributed by atoms with Gasteiger partial charge in [0, 0.05) is 10.9 Å². The number of thiophene rings is 1. The lowest BCUT2D eigenvalue weighted by atomic mass is 10.1. The molecule has 28 heavy (non-hydrogen) atoms. The lowest BCUT2D eigenvalue weighted by Gasteiger charge is -2.12. The van der Waals surface area contributed by atoms with Crippen molar-refractivity contribution in [2.75, 3.05) is 13.7 Å². The van der Waals surface area contributed by atoms with E-state index in [0.29, 0.717) is 6.61 Å². The van der Waals surface area contributed by atoms with Crippen LogP contribution in [0.2, 0.25) is 0 Å². The van der Waals surface area contributed by atoms with E-state index in [0.717, 1.165) is 51.4 Å². The molecule has 0 N–H and O–H groups in total. The molecule has 3 rings (SSSR count). The summed E-state index contributed by atoms with van der Waals surface area (Å²) in [7, 11) is 1.65. The third-order valence-electron chi connectivity index (χ3n) is 4.35. The quantitative estimate of drug-likeness (QED) is 0.196. The largest absolute Gasteiger partial charge is 0.497 e. The molecule has 7 heteroatoms. The Morgan fingerprint density at radius 3 is 2.71 bits per heavy atom. The number of ether oxygens (including phenoxy) is 2. The van der Waals surface area contributed by atoms with Crippen LogP contribution in [-0.4, -0.2) is 34.9 Å². The maximum Gasteiger partial charge on any atom is 0.319 e. The summed E-state index contributed by atoms with van der Waals surface area (Å²) in [6, 6.07) is 7.91. The van der Waals surface area contributed by atoms with Gasteiger partial charge in [0.1, 0.15) is 27.2 Å². The minimum absolute atomic E-state index is 0.200. The Hall–Kier alpha value is -2.12. The number of nitrogens with zero attached hydrogens (tertiary/aromatic N) is 2. The maximum atomic E-state index is 12.3. The van der Waals surface area contributed by atoms with E-state index in [4.69, 9.17) is 9.47 Å². The van der Waals surface area contributed by atoms with E-state index in [-0.39, 0.29) is 11.2 Å². The van der Waals surface area contributed by atoms with Crippen LogP contribution in [0.3, 0.4) is 0 Å². The molecule has 0 bridgehead atoms. The molecule has 2 aromatic heterocycles. The number of benzene rings is 1. The minimum Gasteiger partial charge on any atom is -0.497 e. The van der Waals surface area contributed by atoms with Gasteiger partial charge in [-0.25, -0.2) is 9.97 Å². The number of esters is 1. The van der Waals surface area contributed by atoms with Gasteiger partial charge in [0.2, 0.25) is 0 Å². The minimum atomic E-state index is -0.330. The highest BCUT2D eigenvalue weighted by Gasteiger charge is 2.20. The van der Waals surface area contributed by atoms with E-state index in [1.165, 1.54) is 11.8 Å². The number of carbonyl (C=O) groups excluding carboxylic acids is 1. The normalized spacial score (nSPS) is 12.1. The molecule has 0 fully saturated rings. The summed E-state index contributed by atoms with van der Waals surface area (Å²) >= 11 is 3.00. The van der Waals surface area contributed by atoms with Crippen molar-refractivity contribution in [2.45, 2.75) is 43.4 Å². The van der Waals surface area contributed by atoms with Gasteiger partial charge in [0.25, 0.3) is 0 Å². The molecule has 5 nitrogen and oxygen atoms in total. The van der Waals surface area contributed by atoms with Crippen LogP contribution >= 0.6 is 23.1 Å². The number of unbranched alkanes of at least 4 members (excludes halogenated alkanes) is 2. The molecule has 148 valence electrons. The zero-order valence-corrected chi connectivity index (χ0v) is 17.9. The van der Waals surface area contributed by atoms with Crippen molar-refractivity contribution in [1.29, 1.82) is 0 Å². The Bertz CT molecular complexity index is 925. The second kappa shape index (κ2) is 9.89. The van der Waals surface area contributed by atoms with E-state index >= 15 is 0 Å². The molecule has 0 radical (unpaired) electrons. The number of thioether (sulfide) groups is 1. The average Bonchev–Trinajstić information content (AvgIpc) is 3.16. The first-order chi connectivity index (χ1) is 13.6. The van der Waals surface area contributed by atoms with Crippen LogP contribution in [-0.2, 0) is 9.53 Å². The number of hydrogen-bond acceptors (Lipinski definition) is 7.